The first-order chi connectivity index (χ1) is 9.50. The number of aryl methyl sites for hydroxylation is 2. The van der Waals surface area contributed by atoms with Crippen molar-refractivity contribution in [1.82, 2.24) is 14.8 Å². The molecule has 0 aliphatic carbocycles. The van der Waals surface area contributed by atoms with Crippen molar-refractivity contribution in [3.63, 3.8) is 0 Å². The Kier molecular flexibility index (Phi) is 4.84. The fourth-order valence-corrected chi connectivity index (χ4v) is 2.71. The maximum atomic E-state index is 3.65. The molecule has 1 atom stereocenters. The van der Waals surface area contributed by atoms with Gasteiger partial charge >= 0.3 is 0 Å². The van der Waals surface area contributed by atoms with E-state index in [1.165, 1.54) is 28.6 Å². The van der Waals surface area contributed by atoms with Gasteiger partial charge in [0.2, 0.25) is 0 Å². The number of rotatable bonds is 6. The lowest BCUT2D eigenvalue weighted by Crippen LogP contribution is -2.30. The van der Waals surface area contributed by atoms with Crippen molar-refractivity contribution in [2.45, 2.75) is 32.9 Å². The van der Waals surface area contributed by atoms with Crippen LogP contribution in [-0.2, 0) is 13.6 Å². The second-order valence-electron chi connectivity index (χ2n) is 6.02. The van der Waals surface area contributed by atoms with Crippen LogP contribution in [0.3, 0.4) is 0 Å². The molecule has 0 radical (unpaired) electrons. The first kappa shape index (κ1) is 15.1. The van der Waals surface area contributed by atoms with Crippen LogP contribution in [0.5, 0.6) is 0 Å². The van der Waals surface area contributed by atoms with Crippen molar-refractivity contribution in [3.8, 4) is 0 Å². The highest BCUT2D eigenvalue weighted by Gasteiger charge is 2.11. The van der Waals surface area contributed by atoms with Crippen molar-refractivity contribution >= 4 is 10.9 Å². The average Bonchev–Trinajstić information content (AvgIpc) is 2.67. The molecule has 1 N–H and O–H groups in total. The predicted molar refractivity (Wildman–Crippen MR) is 87.1 cm³/mol. The summed E-state index contributed by atoms with van der Waals surface area (Å²) in [4.78, 5) is 2.24. The van der Waals surface area contributed by atoms with Gasteiger partial charge in [-0.1, -0.05) is 18.2 Å². The number of nitrogens with one attached hydrogen (secondary N) is 1. The summed E-state index contributed by atoms with van der Waals surface area (Å²) in [6, 6.07) is 9.17. The zero-order valence-electron chi connectivity index (χ0n) is 13.4. The normalized spacial score (nSPS) is 13.3. The van der Waals surface area contributed by atoms with Crippen LogP contribution in [0.1, 0.15) is 24.6 Å². The molecule has 0 aliphatic heterocycles. The van der Waals surface area contributed by atoms with Crippen molar-refractivity contribution in [1.29, 1.82) is 0 Å². The molecule has 2 aromatic rings. The van der Waals surface area contributed by atoms with E-state index in [-0.39, 0.29) is 0 Å². The smallest absolute Gasteiger partial charge is 0.0483 e. The average molecular weight is 273 g/mol. The minimum absolute atomic E-state index is 0.537. The first-order valence-electron chi connectivity index (χ1n) is 7.41. The van der Waals surface area contributed by atoms with E-state index in [1.54, 1.807) is 0 Å². The van der Waals surface area contributed by atoms with Gasteiger partial charge in [0.1, 0.15) is 0 Å². The van der Waals surface area contributed by atoms with E-state index in [1.807, 2.05) is 0 Å². The summed E-state index contributed by atoms with van der Waals surface area (Å²) in [5.74, 6) is 0. The van der Waals surface area contributed by atoms with Gasteiger partial charge < -0.3 is 14.8 Å². The lowest BCUT2D eigenvalue weighted by molar-refractivity contribution is 0.364. The number of para-hydroxylation sites is 1. The van der Waals surface area contributed by atoms with Crippen molar-refractivity contribution in [2.75, 3.05) is 20.6 Å². The van der Waals surface area contributed by atoms with Gasteiger partial charge in [-0.2, -0.15) is 0 Å². The summed E-state index contributed by atoms with van der Waals surface area (Å²) in [6.45, 7) is 6.55. The van der Waals surface area contributed by atoms with E-state index in [4.69, 9.17) is 0 Å². The highest BCUT2D eigenvalue weighted by molar-refractivity contribution is 5.85. The fourth-order valence-electron chi connectivity index (χ4n) is 2.71. The Morgan fingerprint density at radius 2 is 1.95 bits per heavy atom. The van der Waals surface area contributed by atoms with Crippen LogP contribution >= 0.6 is 0 Å². The Bertz CT molecular complexity index is 530. The zero-order chi connectivity index (χ0) is 14.7. The molecule has 3 nitrogen and oxygen atoms in total. The van der Waals surface area contributed by atoms with Crippen LogP contribution in [0.2, 0.25) is 0 Å². The van der Waals surface area contributed by atoms with E-state index in [0.29, 0.717) is 6.04 Å². The second-order valence-corrected chi connectivity index (χ2v) is 6.02. The zero-order valence-corrected chi connectivity index (χ0v) is 13.4. The molecule has 0 saturated heterocycles. The topological polar surface area (TPSA) is 20.2 Å². The summed E-state index contributed by atoms with van der Waals surface area (Å²) in [5.41, 5.74) is 4.11. The number of fused-ring (bicyclic) bond motifs is 1. The predicted octanol–water partition coefficient (Wildman–Crippen LogP) is 2.92. The summed E-state index contributed by atoms with van der Waals surface area (Å²) in [6.07, 6.45) is 1.18. The molecule has 1 aromatic carbocycles. The first-order valence-corrected chi connectivity index (χ1v) is 7.41. The molecule has 0 amide bonds. The third-order valence-corrected chi connectivity index (χ3v) is 4.13. The van der Waals surface area contributed by atoms with Gasteiger partial charge in [0.15, 0.2) is 0 Å². The third kappa shape index (κ3) is 3.22. The van der Waals surface area contributed by atoms with Crippen LogP contribution in [-0.4, -0.2) is 36.1 Å². The molecular weight excluding hydrogens is 246 g/mol. The minimum Gasteiger partial charge on any atom is -0.346 e. The van der Waals surface area contributed by atoms with Crippen LogP contribution < -0.4 is 5.32 Å². The van der Waals surface area contributed by atoms with Gasteiger partial charge in [-0.05, 0) is 52.5 Å². The molecule has 0 fully saturated rings. The molecule has 110 valence electrons. The van der Waals surface area contributed by atoms with Crippen LogP contribution in [0, 0.1) is 6.92 Å². The van der Waals surface area contributed by atoms with E-state index in [0.717, 1.165) is 13.1 Å². The number of hydrogen-bond acceptors (Lipinski definition) is 2. The second kappa shape index (κ2) is 6.42. The highest BCUT2D eigenvalue weighted by Crippen LogP contribution is 2.24. The molecule has 0 bridgehead atoms. The Balaban J connectivity index is 2.06. The van der Waals surface area contributed by atoms with Gasteiger partial charge in [-0.25, -0.2) is 0 Å². The summed E-state index contributed by atoms with van der Waals surface area (Å²) in [5, 5.41) is 5.02. The van der Waals surface area contributed by atoms with E-state index in [2.05, 4.69) is 74.0 Å². The molecule has 0 spiro atoms. The minimum atomic E-state index is 0.537. The summed E-state index contributed by atoms with van der Waals surface area (Å²) in [7, 11) is 6.42. The lowest BCUT2D eigenvalue weighted by atomic mass is 10.1. The molecule has 1 aromatic heterocycles. The molecule has 20 heavy (non-hydrogen) atoms. The standard InChI is InChI=1S/C17H27N3/c1-13(10-11-19(3)4)18-12-17-14(2)15-8-6-7-9-16(15)20(17)5/h6-9,13,18H,10-12H2,1-5H3. The SMILES string of the molecule is Cc1c(CNC(C)CCN(C)C)n(C)c2ccccc12. The van der Waals surface area contributed by atoms with E-state index in [9.17, 15) is 0 Å². The Hall–Kier alpha value is -1.32. The summed E-state index contributed by atoms with van der Waals surface area (Å²) < 4.78 is 2.32. The maximum absolute atomic E-state index is 3.65. The van der Waals surface area contributed by atoms with Crippen LogP contribution in [0.15, 0.2) is 24.3 Å². The van der Waals surface area contributed by atoms with E-state index >= 15 is 0 Å². The Labute approximate surface area is 122 Å². The van der Waals surface area contributed by atoms with Gasteiger partial charge in [-0.15, -0.1) is 0 Å². The fraction of sp³-hybridized carbons (Fsp3) is 0.529. The van der Waals surface area contributed by atoms with Gasteiger partial charge in [0.25, 0.3) is 0 Å². The third-order valence-electron chi connectivity index (χ3n) is 4.13. The Morgan fingerprint density at radius 3 is 2.60 bits per heavy atom. The van der Waals surface area contributed by atoms with Crippen LogP contribution in [0.4, 0.5) is 0 Å². The molecule has 1 unspecified atom stereocenters. The molecule has 1 heterocycles. The van der Waals surface area contributed by atoms with Gasteiger partial charge in [0, 0.05) is 36.2 Å². The maximum Gasteiger partial charge on any atom is 0.0483 e. The van der Waals surface area contributed by atoms with Gasteiger partial charge in [0.05, 0.1) is 0 Å². The quantitative estimate of drug-likeness (QED) is 0.873. The Morgan fingerprint density at radius 1 is 1.25 bits per heavy atom. The number of nitrogens with zero attached hydrogens (tertiary/aromatic N) is 2. The van der Waals surface area contributed by atoms with Crippen LogP contribution in [0.25, 0.3) is 10.9 Å². The van der Waals surface area contributed by atoms with Crippen molar-refractivity contribution in [2.24, 2.45) is 7.05 Å². The van der Waals surface area contributed by atoms with E-state index < -0.39 is 0 Å². The highest BCUT2D eigenvalue weighted by atomic mass is 15.1. The number of aromatic nitrogens is 1. The van der Waals surface area contributed by atoms with Crippen molar-refractivity contribution in [3.05, 3.63) is 35.5 Å². The summed E-state index contributed by atoms with van der Waals surface area (Å²) >= 11 is 0. The lowest BCUT2D eigenvalue weighted by Gasteiger charge is -2.17. The van der Waals surface area contributed by atoms with Gasteiger partial charge in [-0.3, -0.25) is 0 Å². The molecule has 3 heteroatoms. The largest absolute Gasteiger partial charge is 0.346 e. The molecule has 2 rings (SSSR count). The molecule has 0 aliphatic rings. The number of benzene rings is 1. The number of hydrogen-bond donors (Lipinski definition) is 1. The van der Waals surface area contributed by atoms with Crippen molar-refractivity contribution < 1.29 is 0 Å². The monoisotopic (exact) mass is 273 g/mol. The molecule has 0 saturated carbocycles. The molecular formula is C17H27N3.